The Bertz CT molecular complexity index is 1090. The van der Waals surface area contributed by atoms with Gasteiger partial charge in [-0.3, -0.25) is 4.79 Å². The second-order valence-corrected chi connectivity index (χ2v) is 7.41. The number of nitrogens with zero attached hydrogens (tertiary/aromatic N) is 2. The molecule has 3 aromatic rings. The molecule has 0 spiro atoms. The lowest BCUT2D eigenvalue weighted by atomic mass is 10.1. The Labute approximate surface area is 171 Å². The molecule has 0 bridgehead atoms. The number of aromatic nitrogens is 1. The highest BCUT2D eigenvalue weighted by Gasteiger charge is 2.26. The van der Waals surface area contributed by atoms with Crippen molar-refractivity contribution >= 4 is 40.1 Å². The zero-order chi connectivity index (χ0) is 20.5. The Morgan fingerprint density at radius 3 is 2.52 bits per heavy atom. The van der Waals surface area contributed by atoms with Gasteiger partial charge in [0, 0.05) is 47.7 Å². The molecule has 150 valence electrons. The summed E-state index contributed by atoms with van der Waals surface area (Å²) in [5.41, 5.74) is 1.58. The first-order chi connectivity index (χ1) is 13.9. The van der Waals surface area contributed by atoms with E-state index in [4.69, 9.17) is 11.6 Å². The van der Waals surface area contributed by atoms with Crippen molar-refractivity contribution in [3.63, 3.8) is 0 Å². The van der Waals surface area contributed by atoms with Crippen LogP contribution in [-0.4, -0.2) is 53.0 Å². The fourth-order valence-electron chi connectivity index (χ4n) is 3.75. The van der Waals surface area contributed by atoms with E-state index in [1.54, 1.807) is 41.3 Å². The van der Waals surface area contributed by atoms with Crippen molar-refractivity contribution in [3.8, 4) is 0 Å². The van der Waals surface area contributed by atoms with Gasteiger partial charge in [0.15, 0.2) is 0 Å². The van der Waals surface area contributed by atoms with E-state index in [0.717, 1.165) is 0 Å². The van der Waals surface area contributed by atoms with E-state index in [1.807, 2.05) is 4.90 Å². The number of carbonyl (C=O) groups excluding carboxylic acids is 1. The molecular weight excluding hydrogens is 397 g/mol. The maximum atomic E-state index is 14.0. The van der Waals surface area contributed by atoms with Gasteiger partial charge in [-0.2, -0.15) is 0 Å². The number of aromatic carboxylic acids is 1. The molecule has 0 aliphatic carbocycles. The van der Waals surface area contributed by atoms with Crippen molar-refractivity contribution in [2.75, 3.05) is 31.1 Å². The third kappa shape index (κ3) is 3.78. The maximum Gasteiger partial charge on any atom is 0.352 e. The summed E-state index contributed by atoms with van der Waals surface area (Å²) in [6.07, 6.45) is -0.0400. The highest BCUT2D eigenvalue weighted by atomic mass is 35.5. The van der Waals surface area contributed by atoms with Crippen LogP contribution in [0.3, 0.4) is 0 Å². The average Bonchev–Trinajstić information content (AvgIpc) is 3.06. The Hall–Kier alpha value is -3.06. The van der Waals surface area contributed by atoms with E-state index in [1.165, 1.54) is 6.07 Å². The van der Waals surface area contributed by atoms with E-state index in [9.17, 15) is 19.1 Å². The molecule has 1 saturated heterocycles. The van der Waals surface area contributed by atoms with Crippen LogP contribution < -0.4 is 4.90 Å². The summed E-state index contributed by atoms with van der Waals surface area (Å²) in [5, 5.41) is 10.6. The Morgan fingerprint density at radius 1 is 1.10 bits per heavy atom. The summed E-state index contributed by atoms with van der Waals surface area (Å²) < 4.78 is 14.0. The first kappa shape index (κ1) is 19.3. The summed E-state index contributed by atoms with van der Waals surface area (Å²) in [5.74, 6) is -1.57. The molecule has 0 radical (unpaired) electrons. The minimum absolute atomic E-state index is 0.000564. The third-order valence-corrected chi connectivity index (χ3v) is 5.47. The van der Waals surface area contributed by atoms with Crippen molar-refractivity contribution < 1.29 is 19.1 Å². The van der Waals surface area contributed by atoms with Gasteiger partial charge in [0.25, 0.3) is 0 Å². The summed E-state index contributed by atoms with van der Waals surface area (Å²) >= 11 is 6.06. The number of fused-ring (bicyclic) bond motifs is 1. The van der Waals surface area contributed by atoms with E-state index in [0.29, 0.717) is 53.4 Å². The molecule has 8 heteroatoms. The number of piperazine rings is 1. The first-order valence-electron chi connectivity index (χ1n) is 9.24. The first-order valence-corrected chi connectivity index (χ1v) is 9.62. The highest BCUT2D eigenvalue weighted by Crippen LogP contribution is 2.27. The fourth-order valence-corrected chi connectivity index (χ4v) is 3.93. The number of benzene rings is 2. The number of carbonyl (C=O) groups is 2. The predicted molar refractivity (Wildman–Crippen MR) is 109 cm³/mol. The maximum absolute atomic E-state index is 14.0. The third-order valence-electron chi connectivity index (χ3n) is 5.24. The van der Waals surface area contributed by atoms with E-state index < -0.39 is 5.97 Å². The molecular formula is C21H19ClFN3O3. The number of carboxylic acid groups (broad SMARTS) is 1. The molecule has 1 aromatic heterocycles. The number of halogens is 2. The molecule has 1 fully saturated rings. The van der Waals surface area contributed by atoms with Gasteiger partial charge in [0.1, 0.15) is 11.5 Å². The highest BCUT2D eigenvalue weighted by molar-refractivity contribution is 6.31. The number of hydrogen-bond acceptors (Lipinski definition) is 3. The van der Waals surface area contributed by atoms with Crippen LogP contribution in [0.1, 0.15) is 16.1 Å². The van der Waals surface area contributed by atoms with Crippen molar-refractivity contribution in [1.29, 1.82) is 0 Å². The van der Waals surface area contributed by atoms with Crippen molar-refractivity contribution in [2.24, 2.45) is 0 Å². The number of hydrogen-bond donors (Lipinski definition) is 2. The summed E-state index contributed by atoms with van der Waals surface area (Å²) in [4.78, 5) is 31.0. The minimum atomic E-state index is -1.12. The normalized spacial score (nSPS) is 14.4. The van der Waals surface area contributed by atoms with Crippen LogP contribution >= 0.6 is 11.6 Å². The number of H-pyrrole nitrogens is 1. The molecule has 0 atom stereocenters. The fraction of sp³-hybridized carbons (Fsp3) is 0.238. The van der Waals surface area contributed by atoms with Gasteiger partial charge in [-0.15, -0.1) is 0 Å². The SMILES string of the molecule is O=C(O)c1[nH]c2ccc(Cl)cc2c1CC(=O)N1CCN(c2ccccc2F)CC1. The molecule has 1 aliphatic heterocycles. The molecule has 0 unspecified atom stereocenters. The number of nitrogens with one attached hydrogen (secondary N) is 1. The van der Waals surface area contributed by atoms with Crippen LogP contribution in [0.5, 0.6) is 0 Å². The number of anilines is 1. The summed E-state index contributed by atoms with van der Waals surface area (Å²) in [7, 11) is 0. The molecule has 2 heterocycles. The standard InChI is InChI=1S/C21H19ClFN3O3/c22-13-5-6-17-14(11-13)15(20(24-17)21(28)29)12-19(27)26-9-7-25(8-10-26)18-4-2-1-3-16(18)23/h1-6,11,24H,7-10,12H2,(H,28,29). The Morgan fingerprint density at radius 2 is 1.83 bits per heavy atom. The topological polar surface area (TPSA) is 76.6 Å². The second-order valence-electron chi connectivity index (χ2n) is 6.97. The number of amides is 1. The van der Waals surface area contributed by atoms with Gasteiger partial charge in [0.2, 0.25) is 5.91 Å². The smallest absolute Gasteiger partial charge is 0.352 e. The summed E-state index contributed by atoms with van der Waals surface area (Å²) in [6.45, 7) is 1.91. The van der Waals surface area contributed by atoms with Crippen molar-refractivity contribution in [3.05, 3.63) is 64.6 Å². The van der Waals surface area contributed by atoms with Crippen molar-refractivity contribution in [1.82, 2.24) is 9.88 Å². The molecule has 0 saturated carbocycles. The molecule has 2 aromatic carbocycles. The van der Waals surface area contributed by atoms with E-state index >= 15 is 0 Å². The van der Waals surface area contributed by atoms with Crippen LogP contribution in [0.15, 0.2) is 42.5 Å². The van der Waals surface area contributed by atoms with Gasteiger partial charge < -0.3 is 19.9 Å². The molecule has 1 amide bonds. The van der Waals surface area contributed by atoms with Gasteiger partial charge >= 0.3 is 5.97 Å². The monoisotopic (exact) mass is 415 g/mol. The zero-order valence-electron chi connectivity index (χ0n) is 15.5. The quantitative estimate of drug-likeness (QED) is 0.683. The van der Waals surface area contributed by atoms with Crippen LogP contribution in [0, 0.1) is 5.82 Å². The largest absolute Gasteiger partial charge is 0.477 e. The lowest BCUT2D eigenvalue weighted by molar-refractivity contribution is -0.130. The molecule has 6 nitrogen and oxygen atoms in total. The van der Waals surface area contributed by atoms with Gasteiger partial charge in [-0.05, 0) is 30.3 Å². The van der Waals surface area contributed by atoms with Gasteiger partial charge in [0.05, 0.1) is 12.1 Å². The van der Waals surface area contributed by atoms with Gasteiger partial charge in [-0.1, -0.05) is 23.7 Å². The number of carboxylic acids is 1. The molecule has 4 rings (SSSR count). The molecule has 1 aliphatic rings. The van der Waals surface area contributed by atoms with Crippen LogP contribution in [0.25, 0.3) is 10.9 Å². The number of aromatic amines is 1. The number of para-hydroxylation sites is 1. The Balaban J connectivity index is 1.51. The number of rotatable bonds is 4. The van der Waals surface area contributed by atoms with Crippen LogP contribution in [-0.2, 0) is 11.2 Å². The Kier molecular flexibility index (Phi) is 5.15. The van der Waals surface area contributed by atoms with Crippen LogP contribution in [0.2, 0.25) is 5.02 Å². The van der Waals surface area contributed by atoms with E-state index in [-0.39, 0.29) is 23.8 Å². The average molecular weight is 416 g/mol. The molecule has 2 N–H and O–H groups in total. The summed E-state index contributed by atoms with van der Waals surface area (Å²) in [6, 6.07) is 11.6. The zero-order valence-corrected chi connectivity index (χ0v) is 16.2. The molecule has 29 heavy (non-hydrogen) atoms. The van der Waals surface area contributed by atoms with Crippen LogP contribution in [0.4, 0.5) is 10.1 Å². The van der Waals surface area contributed by atoms with Gasteiger partial charge in [-0.25, -0.2) is 9.18 Å². The lowest BCUT2D eigenvalue weighted by Crippen LogP contribution is -2.49. The van der Waals surface area contributed by atoms with E-state index in [2.05, 4.69) is 4.98 Å². The predicted octanol–water partition coefficient (Wildman–Crippen LogP) is 3.55. The minimum Gasteiger partial charge on any atom is -0.477 e. The second kappa shape index (κ2) is 7.75. The van der Waals surface area contributed by atoms with Crippen molar-refractivity contribution in [2.45, 2.75) is 6.42 Å². The lowest BCUT2D eigenvalue weighted by Gasteiger charge is -2.36.